The van der Waals surface area contributed by atoms with Crippen molar-refractivity contribution < 1.29 is 19.8 Å². The van der Waals surface area contributed by atoms with E-state index in [-0.39, 0.29) is 24.9 Å². The average molecular weight is 202 g/mol. The summed E-state index contributed by atoms with van der Waals surface area (Å²) in [6.45, 7) is 3.10. The highest BCUT2D eigenvalue weighted by molar-refractivity contribution is 5.76. The Morgan fingerprint density at radius 1 is 1.00 bits per heavy atom. The van der Waals surface area contributed by atoms with Crippen molar-refractivity contribution in [2.75, 3.05) is 13.1 Å². The molecule has 1 saturated heterocycles. The van der Waals surface area contributed by atoms with E-state index in [0.717, 1.165) is 9.80 Å². The van der Waals surface area contributed by atoms with Crippen LogP contribution < -0.4 is 0 Å². The third-order valence-corrected chi connectivity index (χ3v) is 2.30. The van der Waals surface area contributed by atoms with E-state index in [9.17, 15) is 19.8 Å². The first-order valence-corrected chi connectivity index (χ1v) is 4.35. The minimum atomic E-state index is -1.33. The highest BCUT2D eigenvalue weighted by atomic mass is 16.4. The Bertz CT molecular complexity index is 230. The zero-order valence-corrected chi connectivity index (χ0v) is 8.17. The largest absolute Gasteiger partial charge is 0.369 e. The molecule has 1 aliphatic heterocycles. The van der Waals surface area contributed by atoms with E-state index in [1.807, 2.05) is 0 Å². The normalized spacial score (nSPS) is 27.7. The molecule has 0 aliphatic carbocycles. The van der Waals surface area contributed by atoms with Crippen LogP contribution in [0.4, 0.5) is 0 Å². The van der Waals surface area contributed by atoms with Crippen LogP contribution in [0.3, 0.4) is 0 Å². The maximum Gasteiger partial charge on any atom is 0.221 e. The lowest BCUT2D eigenvalue weighted by Crippen LogP contribution is -2.61. The number of aliphatic hydroxyl groups excluding tert-OH is 2. The van der Waals surface area contributed by atoms with Crippen molar-refractivity contribution in [3.05, 3.63) is 0 Å². The molecule has 0 radical (unpaired) electrons. The smallest absolute Gasteiger partial charge is 0.221 e. The zero-order chi connectivity index (χ0) is 10.9. The van der Waals surface area contributed by atoms with Crippen molar-refractivity contribution in [1.82, 2.24) is 9.80 Å². The van der Waals surface area contributed by atoms with Crippen LogP contribution in [-0.2, 0) is 9.59 Å². The molecular weight excluding hydrogens is 188 g/mol. The SMILES string of the molecule is CC(=O)N1CCN(C(C)=O)C(O)C1O. The number of aliphatic hydroxyl groups is 2. The molecule has 6 heteroatoms. The summed E-state index contributed by atoms with van der Waals surface area (Å²) in [4.78, 5) is 24.2. The van der Waals surface area contributed by atoms with Gasteiger partial charge in [-0.1, -0.05) is 0 Å². The van der Waals surface area contributed by atoms with Gasteiger partial charge in [0.1, 0.15) is 0 Å². The number of piperazine rings is 1. The highest BCUT2D eigenvalue weighted by Gasteiger charge is 2.36. The molecule has 14 heavy (non-hydrogen) atoms. The molecule has 0 saturated carbocycles. The number of carbonyl (C=O) groups is 2. The first kappa shape index (κ1) is 10.9. The molecule has 1 fully saturated rings. The summed E-state index contributed by atoms with van der Waals surface area (Å²) in [6, 6.07) is 0. The van der Waals surface area contributed by atoms with E-state index >= 15 is 0 Å². The van der Waals surface area contributed by atoms with E-state index in [2.05, 4.69) is 0 Å². The second kappa shape index (κ2) is 3.93. The number of rotatable bonds is 0. The van der Waals surface area contributed by atoms with Crippen molar-refractivity contribution in [2.24, 2.45) is 0 Å². The Hall–Kier alpha value is -1.14. The van der Waals surface area contributed by atoms with Crippen LogP contribution in [0.2, 0.25) is 0 Å². The molecule has 0 aromatic rings. The molecule has 1 aliphatic rings. The van der Waals surface area contributed by atoms with Gasteiger partial charge in [-0.15, -0.1) is 0 Å². The van der Waals surface area contributed by atoms with Crippen LogP contribution >= 0.6 is 0 Å². The molecule has 0 bridgehead atoms. The number of amides is 2. The van der Waals surface area contributed by atoms with Gasteiger partial charge in [-0.2, -0.15) is 0 Å². The molecule has 0 spiro atoms. The van der Waals surface area contributed by atoms with Gasteiger partial charge in [0.05, 0.1) is 0 Å². The second-order valence-corrected chi connectivity index (χ2v) is 3.25. The molecule has 80 valence electrons. The van der Waals surface area contributed by atoms with Crippen molar-refractivity contribution in [1.29, 1.82) is 0 Å². The quantitative estimate of drug-likeness (QED) is 0.492. The van der Waals surface area contributed by atoms with Crippen molar-refractivity contribution in [3.8, 4) is 0 Å². The lowest BCUT2D eigenvalue weighted by Gasteiger charge is -2.41. The fourth-order valence-corrected chi connectivity index (χ4v) is 1.49. The highest BCUT2D eigenvalue weighted by Crippen LogP contribution is 2.13. The van der Waals surface area contributed by atoms with Crippen molar-refractivity contribution >= 4 is 11.8 Å². The predicted molar refractivity (Wildman–Crippen MR) is 46.8 cm³/mol. The Labute approximate surface area is 81.7 Å². The summed E-state index contributed by atoms with van der Waals surface area (Å²) in [5, 5.41) is 19.0. The van der Waals surface area contributed by atoms with Crippen molar-refractivity contribution in [3.63, 3.8) is 0 Å². The molecule has 6 nitrogen and oxygen atoms in total. The minimum absolute atomic E-state index is 0.243. The van der Waals surface area contributed by atoms with Gasteiger partial charge < -0.3 is 20.0 Å². The van der Waals surface area contributed by atoms with E-state index in [1.54, 1.807) is 0 Å². The summed E-state index contributed by atoms with van der Waals surface area (Å²) in [5.41, 5.74) is 0. The molecule has 1 rings (SSSR count). The monoisotopic (exact) mass is 202 g/mol. The van der Waals surface area contributed by atoms with Gasteiger partial charge in [-0.25, -0.2) is 0 Å². The van der Waals surface area contributed by atoms with E-state index in [4.69, 9.17) is 0 Å². The standard InChI is InChI=1S/C8H14N2O4/c1-5(11)9-3-4-10(6(2)12)8(14)7(9)13/h7-8,13-14H,3-4H2,1-2H3. The maximum atomic E-state index is 11.0. The Balaban J connectivity index is 2.73. The van der Waals surface area contributed by atoms with Gasteiger partial charge in [-0.3, -0.25) is 9.59 Å². The number of hydrogen-bond donors (Lipinski definition) is 2. The second-order valence-electron chi connectivity index (χ2n) is 3.25. The summed E-state index contributed by atoms with van der Waals surface area (Å²) >= 11 is 0. The van der Waals surface area contributed by atoms with Crippen LogP contribution in [-0.4, -0.2) is 57.4 Å². The first-order valence-electron chi connectivity index (χ1n) is 4.35. The third kappa shape index (κ3) is 1.85. The summed E-state index contributed by atoms with van der Waals surface area (Å²) in [5.74, 6) is -0.639. The average Bonchev–Trinajstić information content (AvgIpc) is 2.08. The molecule has 2 N–H and O–H groups in total. The third-order valence-electron chi connectivity index (χ3n) is 2.30. The lowest BCUT2D eigenvalue weighted by atomic mass is 10.2. The fraction of sp³-hybridized carbons (Fsp3) is 0.750. The van der Waals surface area contributed by atoms with E-state index in [1.165, 1.54) is 13.8 Å². The molecule has 0 aromatic carbocycles. The molecular formula is C8H14N2O4. The van der Waals surface area contributed by atoms with Gasteiger partial charge in [-0.05, 0) is 0 Å². The van der Waals surface area contributed by atoms with Crippen molar-refractivity contribution in [2.45, 2.75) is 26.3 Å². The lowest BCUT2D eigenvalue weighted by molar-refractivity contribution is -0.191. The van der Waals surface area contributed by atoms with Crippen LogP contribution in [0, 0.1) is 0 Å². The van der Waals surface area contributed by atoms with Crippen LogP contribution in [0.1, 0.15) is 13.8 Å². The Morgan fingerprint density at radius 3 is 1.50 bits per heavy atom. The van der Waals surface area contributed by atoms with Gasteiger partial charge in [0, 0.05) is 26.9 Å². The molecule has 0 aromatic heterocycles. The number of nitrogens with zero attached hydrogens (tertiary/aromatic N) is 2. The van der Waals surface area contributed by atoms with Crippen LogP contribution in [0.25, 0.3) is 0 Å². The van der Waals surface area contributed by atoms with Gasteiger partial charge in [0.2, 0.25) is 11.8 Å². The number of carbonyl (C=O) groups excluding carboxylic acids is 2. The molecule has 2 atom stereocenters. The fourth-order valence-electron chi connectivity index (χ4n) is 1.49. The first-order chi connectivity index (χ1) is 6.45. The van der Waals surface area contributed by atoms with Gasteiger partial charge in [0.25, 0.3) is 0 Å². The minimum Gasteiger partial charge on any atom is -0.369 e. The van der Waals surface area contributed by atoms with Crippen LogP contribution in [0.15, 0.2) is 0 Å². The Kier molecular flexibility index (Phi) is 3.07. The number of hydrogen-bond acceptors (Lipinski definition) is 4. The Morgan fingerprint density at radius 2 is 1.29 bits per heavy atom. The molecule has 1 heterocycles. The van der Waals surface area contributed by atoms with Crippen LogP contribution in [0.5, 0.6) is 0 Å². The molecule has 2 amide bonds. The maximum absolute atomic E-state index is 11.0. The predicted octanol–water partition coefficient (Wildman–Crippen LogP) is -1.67. The molecule has 2 unspecified atom stereocenters. The summed E-state index contributed by atoms with van der Waals surface area (Å²) < 4.78 is 0. The zero-order valence-electron chi connectivity index (χ0n) is 8.17. The van der Waals surface area contributed by atoms with Gasteiger partial charge in [0.15, 0.2) is 12.5 Å². The van der Waals surface area contributed by atoms with E-state index < -0.39 is 12.5 Å². The van der Waals surface area contributed by atoms with Gasteiger partial charge >= 0.3 is 0 Å². The van der Waals surface area contributed by atoms with E-state index in [0.29, 0.717) is 0 Å². The topological polar surface area (TPSA) is 81.1 Å². The summed E-state index contributed by atoms with van der Waals surface area (Å²) in [7, 11) is 0. The summed E-state index contributed by atoms with van der Waals surface area (Å²) in [6.07, 6.45) is -2.66.